The molecule has 0 aromatic heterocycles. The van der Waals surface area contributed by atoms with Gasteiger partial charge in [-0.25, -0.2) is 0 Å². The summed E-state index contributed by atoms with van der Waals surface area (Å²) in [5.74, 6) is 0.981. The molecule has 1 nitrogen and oxygen atoms in total. The van der Waals surface area contributed by atoms with Crippen LogP contribution in [0.15, 0.2) is 0 Å². The van der Waals surface area contributed by atoms with E-state index in [0.29, 0.717) is 0 Å². The largest absolute Gasteiger partial charge is 0.316 e. The predicted octanol–water partition coefficient (Wildman–Crippen LogP) is 3.74. The van der Waals surface area contributed by atoms with Gasteiger partial charge in [-0.1, -0.05) is 39.0 Å². The molecule has 1 aliphatic carbocycles. The average molecular weight is 209 g/mol. The predicted molar refractivity (Wildman–Crippen MR) is 66.0 cm³/mol. The Bertz CT molecular complexity index is 178. The zero-order valence-corrected chi connectivity index (χ0v) is 10.4. The van der Waals surface area contributed by atoms with Crippen molar-refractivity contribution >= 4 is 0 Å². The molecule has 1 heteroatoms. The van der Waals surface area contributed by atoms with Crippen LogP contribution in [0.25, 0.3) is 0 Å². The van der Waals surface area contributed by atoms with Crippen molar-refractivity contribution in [3.05, 3.63) is 0 Å². The molecule has 0 aromatic carbocycles. The molecule has 0 bridgehead atoms. The van der Waals surface area contributed by atoms with Crippen molar-refractivity contribution in [3.8, 4) is 0 Å². The van der Waals surface area contributed by atoms with Crippen molar-refractivity contribution < 1.29 is 0 Å². The van der Waals surface area contributed by atoms with Gasteiger partial charge in [0.2, 0.25) is 0 Å². The molecule has 1 N–H and O–H groups in total. The van der Waals surface area contributed by atoms with Gasteiger partial charge in [0, 0.05) is 0 Å². The highest BCUT2D eigenvalue weighted by Crippen LogP contribution is 2.47. The maximum Gasteiger partial charge on any atom is -0.00152 e. The Morgan fingerprint density at radius 1 is 1.07 bits per heavy atom. The summed E-state index contributed by atoms with van der Waals surface area (Å²) in [4.78, 5) is 0. The molecule has 2 fully saturated rings. The molecule has 2 rings (SSSR count). The Balaban J connectivity index is 2.05. The van der Waals surface area contributed by atoms with E-state index in [9.17, 15) is 0 Å². The van der Waals surface area contributed by atoms with E-state index in [0.717, 1.165) is 11.3 Å². The van der Waals surface area contributed by atoms with Crippen molar-refractivity contribution in [2.24, 2.45) is 11.3 Å². The average Bonchev–Trinajstić information content (AvgIpc) is 2.49. The lowest BCUT2D eigenvalue weighted by atomic mass is 9.64. The van der Waals surface area contributed by atoms with Crippen LogP contribution in [-0.4, -0.2) is 13.1 Å². The summed E-state index contributed by atoms with van der Waals surface area (Å²) in [6.45, 7) is 4.92. The second-order valence-corrected chi connectivity index (χ2v) is 5.72. The monoisotopic (exact) mass is 209 g/mol. The molecule has 0 aromatic rings. The zero-order chi connectivity index (χ0) is 10.6. The highest BCUT2D eigenvalue weighted by Gasteiger charge is 2.39. The fourth-order valence-electron chi connectivity index (χ4n) is 3.88. The van der Waals surface area contributed by atoms with Crippen LogP contribution < -0.4 is 5.32 Å². The highest BCUT2D eigenvalue weighted by atomic mass is 14.9. The van der Waals surface area contributed by atoms with E-state index >= 15 is 0 Å². The molecule has 1 unspecified atom stereocenters. The van der Waals surface area contributed by atoms with Crippen molar-refractivity contribution in [3.63, 3.8) is 0 Å². The summed E-state index contributed by atoms with van der Waals surface area (Å²) in [6.07, 6.45) is 13.3. The minimum absolute atomic E-state index is 0.748. The van der Waals surface area contributed by atoms with Crippen LogP contribution >= 0.6 is 0 Å². The molecule has 1 saturated heterocycles. The molecular weight excluding hydrogens is 182 g/mol. The van der Waals surface area contributed by atoms with Crippen LogP contribution in [0.4, 0.5) is 0 Å². The molecule has 0 radical (unpaired) electrons. The minimum atomic E-state index is 0.748. The first-order valence-corrected chi connectivity index (χ1v) is 7.08. The molecule has 1 spiro atoms. The van der Waals surface area contributed by atoms with Crippen molar-refractivity contribution in [1.29, 1.82) is 0 Å². The van der Waals surface area contributed by atoms with Crippen LogP contribution in [0.1, 0.15) is 64.7 Å². The smallest absolute Gasteiger partial charge is 0.00152 e. The number of rotatable bonds is 2. The maximum atomic E-state index is 3.61. The third-order valence-electron chi connectivity index (χ3n) is 4.79. The quantitative estimate of drug-likeness (QED) is 0.730. The van der Waals surface area contributed by atoms with Gasteiger partial charge in [-0.3, -0.25) is 0 Å². The first kappa shape index (κ1) is 11.4. The van der Waals surface area contributed by atoms with Crippen molar-refractivity contribution in [2.75, 3.05) is 13.1 Å². The summed E-state index contributed by atoms with van der Waals surface area (Å²) in [7, 11) is 0. The Morgan fingerprint density at radius 3 is 2.47 bits per heavy atom. The molecule has 1 heterocycles. The van der Waals surface area contributed by atoms with Crippen molar-refractivity contribution in [1.82, 2.24) is 5.32 Å². The topological polar surface area (TPSA) is 12.0 Å². The molecule has 1 atom stereocenters. The first-order chi connectivity index (χ1) is 7.37. The number of hydrogen-bond acceptors (Lipinski definition) is 1. The lowest BCUT2D eigenvalue weighted by Crippen LogP contribution is -2.44. The minimum Gasteiger partial charge on any atom is -0.316 e. The third-order valence-corrected chi connectivity index (χ3v) is 4.79. The Labute approximate surface area is 95.0 Å². The second-order valence-electron chi connectivity index (χ2n) is 5.72. The summed E-state index contributed by atoms with van der Waals surface area (Å²) in [6, 6.07) is 0. The van der Waals surface area contributed by atoms with Crippen LogP contribution in [0.3, 0.4) is 0 Å². The number of piperidine rings is 1. The van der Waals surface area contributed by atoms with E-state index in [2.05, 4.69) is 12.2 Å². The molecular formula is C14H27N. The van der Waals surface area contributed by atoms with E-state index in [1.807, 2.05) is 0 Å². The van der Waals surface area contributed by atoms with Gasteiger partial charge in [0.05, 0.1) is 0 Å². The van der Waals surface area contributed by atoms with Crippen molar-refractivity contribution in [2.45, 2.75) is 64.7 Å². The molecule has 15 heavy (non-hydrogen) atoms. The fraction of sp³-hybridized carbons (Fsp3) is 1.00. The summed E-state index contributed by atoms with van der Waals surface area (Å²) < 4.78 is 0. The molecule has 1 aliphatic heterocycles. The summed E-state index contributed by atoms with van der Waals surface area (Å²) in [5.41, 5.74) is 0.748. The van der Waals surface area contributed by atoms with Gasteiger partial charge in [-0.05, 0) is 50.1 Å². The Hall–Kier alpha value is -0.0400. The fourth-order valence-corrected chi connectivity index (χ4v) is 3.88. The lowest BCUT2D eigenvalue weighted by Gasteiger charge is -2.44. The Kier molecular flexibility index (Phi) is 4.07. The standard InChI is InChI=1S/C14H27N/c1-2-7-13-12-15-11-10-14(13)8-5-3-4-6-9-14/h13,15H,2-12H2,1H3. The van der Waals surface area contributed by atoms with Gasteiger partial charge in [0.1, 0.15) is 0 Å². The number of hydrogen-bond donors (Lipinski definition) is 1. The van der Waals surface area contributed by atoms with E-state index in [1.54, 1.807) is 0 Å². The third kappa shape index (κ3) is 2.55. The van der Waals surface area contributed by atoms with Crippen LogP contribution in [0, 0.1) is 11.3 Å². The zero-order valence-electron chi connectivity index (χ0n) is 10.4. The second kappa shape index (κ2) is 5.34. The van der Waals surface area contributed by atoms with Crippen LogP contribution in [-0.2, 0) is 0 Å². The van der Waals surface area contributed by atoms with Crippen LogP contribution in [0.5, 0.6) is 0 Å². The van der Waals surface area contributed by atoms with Crippen LogP contribution in [0.2, 0.25) is 0 Å². The van der Waals surface area contributed by atoms with Gasteiger partial charge in [0.25, 0.3) is 0 Å². The highest BCUT2D eigenvalue weighted by molar-refractivity contribution is 4.92. The molecule has 1 saturated carbocycles. The lowest BCUT2D eigenvalue weighted by molar-refractivity contribution is 0.0792. The van der Waals surface area contributed by atoms with Gasteiger partial charge >= 0.3 is 0 Å². The van der Waals surface area contributed by atoms with Gasteiger partial charge < -0.3 is 5.32 Å². The molecule has 2 aliphatic rings. The van der Waals surface area contributed by atoms with E-state index in [-0.39, 0.29) is 0 Å². The SMILES string of the molecule is CCCC1CNCCC12CCCCCC2. The Morgan fingerprint density at radius 2 is 1.80 bits per heavy atom. The van der Waals surface area contributed by atoms with E-state index in [4.69, 9.17) is 0 Å². The van der Waals surface area contributed by atoms with E-state index in [1.165, 1.54) is 70.9 Å². The number of nitrogens with one attached hydrogen (secondary N) is 1. The molecule has 0 amide bonds. The van der Waals surface area contributed by atoms with Gasteiger partial charge in [-0.15, -0.1) is 0 Å². The maximum absolute atomic E-state index is 3.61. The normalized spacial score (nSPS) is 31.4. The summed E-state index contributed by atoms with van der Waals surface area (Å²) in [5, 5.41) is 3.61. The van der Waals surface area contributed by atoms with Gasteiger partial charge in [-0.2, -0.15) is 0 Å². The summed E-state index contributed by atoms with van der Waals surface area (Å²) >= 11 is 0. The first-order valence-electron chi connectivity index (χ1n) is 7.08. The van der Waals surface area contributed by atoms with E-state index < -0.39 is 0 Å². The van der Waals surface area contributed by atoms with Gasteiger partial charge in [0.15, 0.2) is 0 Å². The molecule has 88 valence electrons.